The molecular formula is C12H8F3N3O. The van der Waals surface area contributed by atoms with Gasteiger partial charge in [-0.3, -0.25) is 9.78 Å². The summed E-state index contributed by atoms with van der Waals surface area (Å²) in [5, 5.41) is 7.07. The summed E-state index contributed by atoms with van der Waals surface area (Å²) in [6.45, 7) is 1.26. The molecule has 98 valence electrons. The van der Waals surface area contributed by atoms with E-state index in [1.165, 1.54) is 25.3 Å². The van der Waals surface area contributed by atoms with Crippen LogP contribution in [0.1, 0.15) is 23.0 Å². The van der Waals surface area contributed by atoms with Gasteiger partial charge in [0.25, 0.3) is 0 Å². The molecule has 2 aromatic heterocycles. The Morgan fingerprint density at radius 3 is 2.68 bits per heavy atom. The van der Waals surface area contributed by atoms with Crippen LogP contribution >= 0.6 is 0 Å². The molecule has 0 N–H and O–H groups in total. The van der Waals surface area contributed by atoms with Crippen molar-refractivity contribution in [2.45, 2.75) is 13.1 Å². The van der Waals surface area contributed by atoms with Gasteiger partial charge in [0, 0.05) is 18.7 Å². The number of pyridine rings is 1. The maximum Gasteiger partial charge on any atom is 0.418 e. The van der Waals surface area contributed by atoms with Crippen LogP contribution in [0.4, 0.5) is 13.2 Å². The molecule has 2 aromatic rings. The minimum atomic E-state index is -4.52. The van der Waals surface area contributed by atoms with Crippen LogP contribution < -0.4 is 0 Å². The molecule has 2 heterocycles. The highest BCUT2D eigenvalue weighted by Crippen LogP contribution is 2.35. The van der Waals surface area contributed by atoms with E-state index in [0.717, 1.165) is 12.3 Å². The summed E-state index contributed by atoms with van der Waals surface area (Å²) >= 11 is 0. The van der Waals surface area contributed by atoms with Gasteiger partial charge in [-0.1, -0.05) is 0 Å². The van der Waals surface area contributed by atoms with Gasteiger partial charge in [-0.15, -0.1) is 5.10 Å². The van der Waals surface area contributed by atoms with E-state index in [1.807, 2.05) is 0 Å². The van der Waals surface area contributed by atoms with Gasteiger partial charge in [-0.25, -0.2) is 0 Å². The maximum absolute atomic E-state index is 12.9. The Morgan fingerprint density at radius 1 is 1.32 bits per heavy atom. The lowest BCUT2D eigenvalue weighted by atomic mass is 10.1. The van der Waals surface area contributed by atoms with Crippen molar-refractivity contribution in [3.05, 3.63) is 41.9 Å². The molecule has 0 aliphatic rings. The summed E-state index contributed by atoms with van der Waals surface area (Å²) in [7, 11) is 0. The summed E-state index contributed by atoms with van der Waals surface area (Å²) in [5.41, 5.74) is -1.05. The van der Waals surface area contributed by atoms with Gasteiger partial charge < -0.3 is 0 Å². The van der Waals surface area contributed by atoms with Gasteiger partial charge in [0.2, 0.25) is 0 Å². The molecule has 0 unspecified atom stereocenters. The van der Waals surface area contributed by atoms with Gasteiger partial charge in [0.1, 0.15) is 5.69 Å². The van der Waals surface area contributed by atoms with E-state index in [2.05, 4.69) is 15.2 Å². The molecule has 0 saturated heterocycles. The standard InChI is InChI=1S/C12H8F3N3O/c1-7(19)10-5-8(6-17-18-10)11-9(12(13,14)15)3-2-4-16-11/h2-6H,1H3. The third-order valence-electron chi connectivity index (χ3n) is 2.40. The van der Waals surface area contributed by atoms with Crippen LogP contribution in [0.15, 0.2) is 30.6 Å². The van der Waals surface area contributed by atoms with Crippen molar-refractivity contribution < 1.29 is 18.0 Å². The molecule has 2 rings (SSSR count). The van der Waals surface area contributed by atoms with Gasteiger partial charge in [0.15, 0.2) is 5.78 Å². The number of nitrogens with zero attached hydrogens (tertiary/aromatic N) is 3. The third kappa shape index (κ3) is 2.75. The van der Waals surface area contributed by atoms with Crippen molar-refractivity contribution in [1.29, 1.82) is 0 Å². The Balaban J connectivity index is 2.60. The number of hydrogen-bond acceptors (Lipinski definition) is 4. The second-order valence-electron chi connectivity index (χ2n) is 3.78. The summed E-state index contributed by atoms with van der Waals surface area (Å²) in [6, 6.07) is 3.37. The first-order valence-corrected chi connectivity index (χ1v) is 5.26. The molecule has 4 nitrogen and oxygen atoms in total. The van der Waals surface area contributed by atoms with E-state index in [-0.39, 0.29) is 22.7 Å². The van der Waals surface area contributed by atoms with Gasteiger partial charge in [-0.05, 0) is 18.2 Å². The summed E-state index contributed by atoms with van der Waals surface area (Å²) in [4.78, 5) is 14.9. The zero-order valence-corrected chi connectivity index (χ0v) is 9.77. The molecule has 7 heteroatoms. The SMILES string of the molecule is CC(=O)c1cc(-c2ncccc2C(F)(F)F)cnn1. The van der Waals surface area contributed by atoms with Crippen molar-refractivity contribution in [1.82, 2.24) is 15.2 Å². The van der Waals surface area contributed by atoms with Crippen molar-refractivity contribution >= 4 is 5.78 Å². The number of carbonyl (C=O) groups excluding carboxylic acids is 1. The fourth-order valence-corrected chi connectivity index (χ4v) is 1.53. The number of carbonyl (C=O) groups is 1. The van der Waals surface area contributed by atoms with Crippen LogP contribution in [0, 0.1) is 0 Å². The van der Waals surface area contributed by atoms with E-state index in [0.29, 0.717) is 0 Å². The molecular weight excluding hydrogens is 259 g/mol. The summed E-state index contributed by atoms with van der Waals surface area (Å²) < 4.78 is 38.6. The lowest BCUT2D eigenvalue weighted by molar-refractivity contribution is -0.137. The van der Waals surface area contributed by atoms with Crippen LogP contribution in [0.25, 0.3) is 11.3 Å². The molecule has 0 radical (unpaired) electrons. The second-order valence-corrected chi connectivity index (χ2v) is 3.78. The lowest BCUT2D eigenvalue weighted by Crippen LogP contribution is -2.09. The Kier molecular flexibility index (Phi) is 3.28. The molecule has 0 fully saturated rings. The Bertz CT molecular complexity index is 626. The highest BCUT2D eigenvalue weighted by atomic mass is 19.4. The zero-order chi connectivity index (χ0) is 14.0. The number of halogens is 3. The topological polar surface area (TPSA) is 55.7 Å². The number of alkyl halides is 3. The summed E-state index contributed by atoms with van der Waals surface area (Å²) in [5.74, 6) is -0.376. The van der Waals surface area contributed by atoms with E-state index < -0.39 is 11.7 Å². The van der Waals surface area contributed by atoms with E-state index in [4.69, 9.17) is 0 Å². The van der Waals surface area contributed by atoms with Crippen molar-refractivity contribution in [2.75, 3.05) is 0 Å². The molecule has 0 aromatic carbocycles. The number of rotatable bonds is 2. The average Bonchev–Trinajstić information content (AvgIpc) is 2.38. The average molecular weight is 267 g/mol. The van der Waals surface area contributed by atoms with E-state index >= 15 is 0 Å². The normalized spacial score (nSPS) is 11.4. The monoisotopic (exact) mass is 267 g/mol. The first-order valence-electron chi connectivity index (χ1n) is 5.26. The molecule has 0 amide bonds. The minimum Gasteiger partial charge on any atom is -0.293 e. The molecule has 0 bridgehead atoms. The molecule has 0 spiro atoms. The molecule has 0 saturated carbocycles. The van der Waals surface area contributed by atoms with Gasteiger partial charge >= 0.3 is 6.18 Å². The largest absolute Gasteiger partial charge is 0.418 e. The number of Topliss-reactive ketones (excluding diaryl/α,β-unsaturated/α-hetero) is 1. The Morgan fingerprint density at radius 2 is 2.05 bits per heavy atom. The molecule has 0 aliphatic carbocycles. The zero-order valence-electron chi connectivity index (χ0n) is 9.77. The fourth-order valence-electron chi connectivity index (χ4n) is 1.53. The first kappa shape index (κ1) is 13.1. The Hall–Kier alpha value is -2.31. The number of aromatic nitrogens is 3. The highest BCUT2D eigenvalue weighted by Gasteiger charge is 2.34. The predicted molar refractivity (Wildman–Crippen MR) is 60.3 cm³/mol. The quantitative estimate of drug-likeness (QED) is 0.785. The van der Waals surface area contributed by atoms with Crippen molar-refractivity contribution in [2.24, 2.45) is 0 Å². The highest BCUT2D eigenvalue weighted by molar-refractivity contribution is 5.93. The predicted octanol–water partition coefficient (Wildman–Crippen LogP) is 2.76. The second kappa shape index (κ2) is 4.75. The lowest BCUT2D eigenvalue weighted by Gasteiger charge is -2.11. The maximum atomic E-state index is 12.9. The van der Waals surface area contributed by atoms with Gasteiger partial charge in [-0.2, -0.15) is 18.3 Å². The van der Waals surface area contributed by atoms with Gasteiger partial charge in [0.05, 0.1) is 17.5 Å². The minimum absolute atomic E-state index is 0.00345. The summed E-state index contributed by atoms with van der Waals surface area (Å²) in [6.07, 6.45) is -2.13. The van der Waals surface area contributed by atoms with Crippen LogP contribution in [-0.2, 0) is 6.18 Å². The van der Waals surface area contributed by atoms with Crippen LogP contribution in [0.2, 0.25) is 0 Å². The first-order chi connectivity index (χ1) is 8.89. The van der Waals surface area contributed by atoms with E-state index in [1.54, 1.807) is 0 Å². The third-order valence-corrected chi connectivity index (χ3v) is 2.40. The molecule has 0 aliphatic heterocycles. The van der Waals surface area contributed by atoms with Crippen molar-refractivity contribution in [3.8, 4) is 11.3 Å². The van der Waals surface area contributed by atoms with Crippen LogP contribution in [-0.4, -0.2) is 21.0 Å². The molecule has 19 heavy (non-hydrogen) atoms. The Labute approximate surface area is 106 Å². The van der Waals surface area contributed by atoms with E-state index in [9.17, 15) is 18.0 Å². The van der Waals surface area contributed by atoms with Crippen LogP contribution in [0.3, 0.4) is 0 Å². The number of ketones is 1. The smallest absolute Gasteiger partial charge is 0.293 e. The van der Waals surface area contributed by atoms with Crippen LogP contribution in [0.5, 0.6) is 0 Å². The number of hydrogen-bond donors (Lipinski definition) is 0. The molecule has 0 atom stereocenters. The fraction of sp³-hybridized carbons (Fsp3) is 0.167. The van der Waals surface area contributed by atoms with Crippen molar-refractivity contribution in [3.63, 3.8) is 0 Å².